The van der Waals surface area contributed by atoms with E-state index in [4.69, 9.17) is 0 Å². The molecule has 0 aromatic rings. The van der Waals surface area contributed by atoms with Crippen LogP contribution in [0.4, 0.5) is 0 Å². The number of nitrogens with one attached hydrogen (secondary N) is 1. The second kappa shape index (κ2) is 4.07. The van der Waals surface area contributed by atoms with E-state index in [2.05, 4.69) is 12.2 Å². The minimum Gasteiger partial charge on any atom is -0.345 e. The molecule has 1 aliphatic heterocycles. The zero-order valence-electron chi connectivity index (χ0n) is 10.1. The molecule has 2 fully saturated rings. The van der Waals surface area contributed by atoms with E-state index in [1.54, 1.807) is 4.90 Å². The molecule has 0 bridgehead atoms. The SMILES string of the molecule is CCC1C(=O)NCC(=O)N1CC1(C)CCC1. The Bertz CT molecular complexity index is 310. The number of hydrogen-bond donors (Lipinski definition) is 1. The summed E-state index contributed by atoms with van der Waals surface area (Å²) in [5.41, 5.74) is 0.251. The van der Waals surface area contributed by atoms with Gasteiger partial charge in [0.15, 0.2) is 0 Å². The maximum Gasteiger partial charge on any atom is 0.243 e. The summed E-state index contributed by atoms with van der Waals surface area (Å²) in [6.45, 7) is 5.09. The van der Waals surface area contributed by atoms with Gasteiger partial charge in [-0.3, -0.25) is 9.59 Å². The lowest BCUT2D eigenvalue weighted by atomic mass is 9.70. The zero-order chi connectivity index (χ0) is 11.8. The van der Waals surface area contributed by atoms with Gasteiger partial charge in [-0.2, -0.15) is 0 Å². The van der Waals surface area contributed by atoms with E-state index < -0.39 is 0 Å². The second-order valence-electron chi connectivity index (χ2n) is 5.33. The largest absolute Gasteiger partial charge is 0.345 e. The van der Waals surface area contributed by atoms with Crippen LogP contribution in [0.1, 0.15) is 39.5 Å². The third-order valence-electron chi connectivity index (χ3n) is 3.91. The van der Waals surface area contributed by atoms with Crippen LogP contribution in [0.3, 0.4) is 0 Å². The van der Waals surface area contributed by atoms with Crippen molar-refractivity contribution >= 4 is 11.8 Å². The van der Waals surface area contributed by atoms with Gasteiger partial charge in [-0.05, 0) is 24.7 Å². The van der Waals surface area contributed by atoms with Crippen LogP contribution >= 0.6 is 0 Å². The third-order valence-corrected chi connectivity index (χ3v) is 3.91. The molecule has 0 aromatic heterocycles. The van der Waals surface area contributed by atoms with Crippen LogP contribution in [0, 0.1) is 5.41 Å². The highest BCUT2D eigenvalue weighted by atomic mass is 16.2. The van der Waals surface area contributed by atoms with Crippen molar-refractivity contribution in [3.63, 3.8) is 0 Å². The predicted molar refractivity (Wildman–Crippen MR) is 60.8 cm³/mol. The van der Waals surface area contributed by atoms with Crippen LogP contribution in [-0.4, -0.2) is 35.8 Å². The lowest BCUT2D eigenvalue weighted by Crippen LogP contribution is -2.60. The summed E-state index contributed by atoms with van der Waals surface area (Å²) >= 11 is 0. The number of rotatable bonds is 3. The van der Waals surface area contributed by atoms with E-state index in [1.165, 1.54) is 19.3 Å². The Hall–Kier alpha value is -1.06. The van der Waals surface area contributed by atoms with Gasteiger partial charge in [-0.25, -0.2) is 0 Å². The molecule has 1 N–H and O–H groups in total. The van der Waals surface area contributed by atoms with E-state index in [0.29, 0.717) is 6.42 Å². The van der Waals surface area contributed by atoms with Crippen molar-refractivity contribution in [1.82, 2.24) is 10.2 Å². The smallest absolute Gasteiger partial charge is 0.243 e. The Labute approximate surface area is 96.4 Å². The Morgan fingerprint density at radius 3 is 2.62 bits per heavy atom. The maximum absolute atomic E-state index is 11.8. The molecule has 0 radical (unpaired) electrons. The van der Waals surface area contributed by atoms with Crippen LogP contribution in [-0.2, 0) is 9.59 Å². The average Bonchev–Trinajstić information content (AvgIpc) is 2.21. The molecule has 16 heavy (non-hydrogen) atoms. The summed E-state index contributed by atoms with van der Waals surface area (Å²) in [5, 5.41) is 2.65. The minimum atomic E-state index is -0.251. The van der Waals surface area contributed by atoms with Crippen molar-refractivity contribution in [3.05, 3.63) is 0 Å². The van der Waals surface area contributed by atoms with Crippen molar-refractivity contribution in [1.29, 1.82) is 0 Å². The molecule has 0 spiro atoms. The first kappa shape index (κ1) is 11.4. The molecular weight excluding hydrogens is 204 g/mol. The molecule has 1 saturated heterocycles. The third kappa shape index (κ3) is 1.93. The van der Waals surface area contributed by atoms with Gasteiger partial charge < -0.3 is 10.2 Å². The number of hydrogen-bond acceptors (Lipinski definition) is 2. The molecule has 1 heterocycles. The van der Waals surface area contributed by atoms with E-state index in [0.717, 1.165) is 6.54 Å². The molecule has 4 nitrogen and oxygen atoms in total. The van der Waals surface area contributed by atoms with Gasteiger partial charge in [0, 0.05) is 6.54 Å². The fraction of sp³-hybridized carbons (Fsp3) is 0.833. The molecule has 2 rings (SSSR count). The summed E-state index contributed by atoms with van der Waals surface area (Å²) in [6.07, 6.45) is 4.30. The number of nitrogens with zero attached hydrogens (tertiary/aromatic N) is 1. The molecule has 2 amide bonds. The van der Waals surface area contributed by atoms with E-state index in [9.17, 15) is 9.59 Å². The quantitative estimate of drug-likeness (QED) is 0.774. The molecule has 1 saturated carbocycles. The number of carbonyl (C=O) groups is 2. The summed E-state index contributed by atoms with van der Waals surface area (Å²) in [5.74, 6) is 0.0737. The Morgan fingerprint density at radius 2 is 2.12 bits per heavy atom. The first-order valence-corrected chi connectivity index (χ1v) is 6.13. The van der Waals surface area contributed by atoms with Gasteiger partial charge in [-0.15, -0.1) is 0 Å². The number of piperazine rings is 1. The van der Waals surface area contributed by atoms with Gasteiger partial charge in [0.05, 0.1) is 6.54 Å². The highest BCUT2D eigenvalue weighted by Crippen LogP contribution is 2.41. The number of amides is 2. The molecule has 1 aliphatic carbocycles. The molecule has 0 aromatic carbocycles. The van der Waals surface area contributed by atoms with E-state index in [1.807, 2.05) is 6.92 Å². The van der Waals surface area contributed by atoms with Gasteiger partial charge in [-0.1, -0.05) is 20.3 Å². The van der Waals surface area contributed by atoms with Crippen LogP contribution < -0.4 is 5.32 Å². The Kier molecular flexibility index (Phi) is 2.91. The van der Waals surface area contributed by atoms with Crippen LogP contribution in [0.15, 0.2) is 0 Å². The van der Waals surface area contributed by atoms with Crippen molar-refractivity contribution in [2.24, 2.45) is 5.41 Å². The monoisotopic (exact) mass is 224 g/mol. The summed E-state index contributed by atoms with van der Waals surface area (Å²) < 4.78 is 0. The fourth-order valence-corrected chi connectivity index (χ4v) is 2.65. The topological polar surface area (TPSA) is 49.4 Å². The molecule has 2 aliphatic rings. The molecule has 90 valence electrons. The van der Waals surface area contributed by atoms with E-state index in [-0.39, 0.29) is 29.8 Å². The maximum atomic E-state index is 11.8. The standard InChI is InChI=1S/C12H20N2O2/c1-3-9-11(16)13-7-10(15)14(9)8-12(2)5-4-6-12/h9H,3-8H2,1-2H3,(H,13,16). The lowest BCUT2D eigenvalue weighted by molar-refractivity contribution is -0.148. The first-order valence-electron chi connectivity index (χ1n) is 6.13. The summed E-state index contributed by atoms with van der Waals surface area (Å²) in [7, 11) is 0. The fourth-order valence-electron chi connectivity index (χ4n) is 2.65. The number of carbonyl (C=O) groups excluding carboxylic acids is 2. The highest BCUT2D eigenvalue weighted by Gasteiger charge is 2.40. The second-order valence-corrected chi connectivity index (χ2v) is 5.33. The molecule has 1 atom stereocenters. The summed E-state index contributed by atoms with van der Waals surface area (Å²) in [4.78, 5) is 25.3. The highest BCUT2D eigenvalue weighted by molar-refractivity contribution is 5.94. The van der Waals surface area contributed by atoms with Crippen LogP contribution in [0.5, 0.6) is 0 Å². The van der Waals surface area contributed by atoms with E-state index >= 15 is 0 Å². The van der Waals surface area contributed by atoms with Gasteiger partial charge in [0.1, 0.15) is 6.04 Å². The summed E-state index contributed by atoms with van der Waals surface area (Å²) in [6, 6.07) is -0.251. The Balaban J connectivity index is 2.08. The van der Waals surface area contributed by atoms with Crippen molar-refractivity contribution in [2.75, 3.05) is 13.1 Å². The van der Waals surface area contributed by atoms with Gasteiger partial charge in [0.25, 0.3) is 0 Å². The van der Waals surface area contributed by atoms with Crippen LogP contribution in [0.25, 0.3) is 0 Å². The van der Waals surface area contributed by atoms with Crippen molar-refractivity contribution in [3.8, 4) is 0 Å². The lowest BCUT2D eigenvalue weighted by Gasteiger charge is -2.45. The first-order chi connectivity index (χ1) is 7.56. The van der Waals surface area contributed by atoms with Gasteiger partial charge in [0.2, 0.25) is 11.8 Å². The normalized spacial score (nSPS) is 28.6. The molecule has 4 heteroatoms. The molecule has 1 unspecified atom stereocenters. The molecular formula is C12H20N2O2. The predicted octanol–water partition coefficient (Wildman–Crippen LogP) is 0.914. The van der Waals surface area contributed by atoms with Crippen LogP contribution in [0.2, 0.25) is 0 Å². The van der Waals surface area contributed by atoms with Gasteiger partial charge >= 0.3 is 0 Å². The minimum absolute atomic E-state index is 0.00465. The van der Waals surface area contributed by atoms with Crippen molar-refractivity contribution in [2.45, 2.75) is 45.6 Å². The Morgan fingerprint density at radius 1 is 1.44 bits per heavy atom. The zero-order valence-corrected chi connectivity index (χ0v) is 10.1. The average molecular weight is 224 g/mol. The van der Waals surface area contributed by atoms with Crippen molar-refractivity contribution < 1.29 is 9.59 Å².